The maximum atomic E-state index is 13.4. The molecule has 0 aliphatic carbocycles. The van der Waals surface area contributed by atoms with Crippen LogP contribution in [0.5, 0.6) is 5.75 Å². The molecule has 0 atom stereocenters. The third kappa shape index (κ3) is 6.85. The highest BCUT2D eigenvalue weighted by atomic mass is 127. The van der Waals surface area contributed by atoms with Crippen molar-refractivity contribution in [3.63, 3.8) is 0 Å². The lowest BCUT2D eigenvalue weighted by atomic mass is 10.0. The van der Waals surface area contributed by atoms with Gasteiger partial charge in [0, 0.05) is 11.8 Å². The second kappa shape index (κ2) is 10.2. The first kappa shape index (κ1) is 21.1. The van der Waals surface area contributed by atoms with Crippen molar-refractivity contribution < 1.29 is 13.5 Å². The summed E-state index contributed by atoms with van der Waals surface area (Å²) >= 11 is 0. The molecule has 4 nitrogen and oxygen atoms in total. The zero-order chi connectivity index (χ0) is 17.5. The van der Waals surface area contributed by atoms with Crippen molar-refractivity contribution in [2.75, 3.05) is 18.5 Å². The number of hydrogen-bond acceptors (Lipinski definition) is 2. The molecule has 0 aromatic heterocycles. The summed E-state index contributed by atoms with van der Waals surface area (Å²) in [5.74, 6) is -0.726. The smallest absolute Gasteiger partial charge is 0.193 e. The quantitative estimate of drug-likeness (QED) is 0.288. The van der Waals surface area contributed by atoms with Crippen LogP contribution in [0.15, 0.2) is 47.5 Å². The number of nitrogens with zero attached hydrogens (tertiary/aromatic N) is 1. The average molecular weight is 461 g/mol. The Bertz CT molecular complexity index is 723. The Morgan fingerprint density at radius 1 is 1.20 bits per heavy atom. The molecule has 0 heterocycles. The SMILES string of the molecule is CC(C)c1cccc(NC(N)=NCCOc2ccc(F)cc2F)c1.I. The van der Waals surface area contributed by atoms with Crippen molar-refractivity contribution in [3.8, 4) is 5.75 Å². The fraction of sp³-hybridized carbons (Fsp3) is 0.278. The van der Waals surface area contributed by atoms with Crippen molar-refractivity contribution >= 4 is 35.6 Å². The van der Waals surface area contributed by atoms with E-state index >= 15 is 0 Å². The maximum Gasteiger partial charge on any atom is 0.193 e. The van der Waals surface area contributed by atoms with Crippen LogP contribution in [0.25, 0.3) is 0 Å². The van der Waals surface area contributed by atoms with Crippen LogP contribution in [0.1, 0.15) is 25.3 Å². The fourth-order valence-corrected chi connectivity index (χ4v) is 2.08. The highest BCUT2D eigenvalue weighted by molar-refractivity contribution is 14.0. The lowest BCUT2D eigenvalue weighted by Gasteiger charge is -2.10. The predicted octanol–water partition coefficient (Wildman–Crippen LogP) is 4.51. The molecule has 0 spiro atoms. The van der Waals surface area contributed by atoms with Crippen LogP contribution in [0.3, 0.4) is 0 Å². The minimum absolute atomic E-state index is 0. The molecule has 0 saturated heterocycles. The summed E-state index contributed by atoms with van der Waals surface area (Å²) in [6.45, 7) is 4.61. The molecule has 0 bridgehead atoms. The van der Waals surface area contributed by atoms with E-state index in [0.29, 0.717) is 5.92 Å². The van der Waals surface area contributed by atoms with Crippen LogP contribution in [0.2, 0.25) is 0 Å². The second-order valence-electron chi connectivity index (χ2n) is 5.60. The van der Waals surface area contributed by atoms with Gasteiger partial charge in [-0.1, -0.05) is 26.0 Å². The van der Waals surface area contributed by atoms with Crippen molar-refractivity contribution in [1.82, 2.24) is 0 Å². The van der Waals surface area contributed by atoms with Gasteiger partial charge in [-0.3, -0.25) is 0 Å². The Hall–Kier alpha value is -1.90. The minimum atomic E-state index is -0.740. The number of ether oxygens (including phenoxy) is 1. The van der Waals surface area contributed by atoms with E-state index in [1.165, 1.54) is 11.6 Å². The van der Waals surface area contributed by atoms with Gasteiger partial charge in [0.1, 0.15) is 12.4 Å². The summed E-state index contributed by atoms with van der Waals surface area (Å²) < 4.78 is 31.4. The van der Waals surface area contributed by atoms with Gasteiger partial charge in [0.2, 0.25) is 0 Å². The molecule has 2 aromatic rings. The number of hydrogen-bond donors (Lipinski definition) is 2. The number of rotatable bonds is 6. The first-order chi connectivity index (χ1) is 11.5. The summed E-state index contributed by atoms with van der Waals surface area (Å²) in [7, 11) is 0. The Kier molecular flexibility index (Phi) is 8.60. The second-order valence-corrected chi connectivity index (χ2v) is 5.60. The largest absolute Gasteiger partial charge is 0.489 e. The van der Waals surface area contributed by atoms with Crippen LogP contribution in [0.4, 0.5) is 14.5 Å². The van der Waals surface area contributed by atoms with Crippen molar-refractivity contribution in [3.05, 3.63) is 59.7 Å². The number of nitrogens with two attached hydrogens (primary N) is 1. The molecular formula is C18H22F2IN3O. The molecule has 2 aromatic carbocycles. The van der Waals surface area contributed by atoms with Gasteiger partial charge >= 0.3 is 0 Å². The van der Waals surface area contributed by atoms with Crippen molar-refractivity contribution in [2.24, 2.45) is 10.7 Å². The number of anilines is 1. The highest BCUT2D eigenvalue weighted by Crippen LogP contribution is 2.18. The van der Waals surface area contributed by atoms with Gasteiger partial charge in [-0.25, -0.2) is 13.8 Å². The lowest BCUT2D eigenvalue weighted by Crippen LogP contribution is -2.23. The van der Waals surface area contributed by atoms with E-state index in [4.69, 9.17) is 10.5 Å². The van der Waals surface area contributed by atoms with E-state index in [2.05, 4.69) is 24.2 Å². The van der Waals surface area contributed by atoms with Crippen LogP contribution in [0, 0.1) is 11.6 Å². The summed E-state index contributed by atoms with van der Waals surface area (Å²) in [6, 6.07) is 11.1. The first-order valence-corrected chi connectivity index (χ1v) is 7.70. The number of halogens is 3. The van der Waals surface area contributed by atoms with E-state index in [-0.39, 0.29) is 48.8 Å². The highest BCUT2D eigenvalue weighted by Gasteiger charge is 2.04. The molecule has 2 rings (SSSR count). The normalized spacial score (nSPS) is 11.2. The van der Waals surface area contributed by atoms with Crippen LogP contribution >= 0.6 is 24.0 Å². The number of nitrogens with one attached hydrogen (secondary N) is 1. The Morgan fingerprint density at radius 2 is 1.96 bits per heavy atom. The average Bonchev–Trinajstić information content (AvgIpc) is 2.53. The molecule has 0 aliphatic rings. The lowest BCUT2D eigenvalue weighted by molar-refractivity contribution is 0.310. The molecule has 7 heteroatoms. The van der Waals surface area contributed by atoms with E-state index in [0.717, 1.165) is 17.8 Å². The molecule has 25 heavy (non-hydrogen) atoms. The third-order valence-corrected chi connectivity index (χ3v) is 3.35. The van der Waals surface area contributed by atoms with Crippen LogP contribution in [-0.2, 0) is 0 Å². The number of guanidine groups is 1. The minimum Gasteiger partial charge on any atom is -0.489 e. The zero-order valence-electron chi connectivity index (χ0n) is 14.1. The summed E-state index contributed by atoms with van der Waals surface area (Å²) in [5.41, 5.74) is 7.87. The molecule has 3 N–H and O–H groups in total. The van der Waals surface area contributed by atoms with E-state index in [1.54, 1.807) is 0 Å². The van der Waals surface area contributed by atoms with E-state index in [1.807, 2.05) is 24.3 Å². The number of benzene rings is 2. The Morgan fingerprint density at radius 3 is 2.64 bits per heavy atom. The van der Waals surface area contributed by atoms with Gasteiger partial charge in [-0.05, 0) is 35.7 Å². The van der Waals surface area contributed by atoms with Gasteiger partial charge in [0.15, 0.2) is 17.5 Å². The Balaban J connectivity index is 0.00000312. The zero-order valence-corrected chi connectivity index (χ0v) is 16.5. The molecule has 0 amide bonds. The standard InChI is InChI=1S/C18H21F2N3O.HI/c1-12(2)13-4-3-5-15(10-13)23-18(21)22-8-9-24-17-7-6-14(19)11-16(17)20;/h3-7,10-12H,8-9H2,1-2H3,(H3,21,22,23);1H. The fourth-order valence-electron chi connectivity index (χ4n) is 2.08. The molecular weight excluding hydrogens is 439 g/mol. The van der Waals surface area contributed by atoms with Gasteiger partial charge in [-0.15, -0.1) is 24.0 Å². The van der Waals surface area contributed by atoms with Gasteiger partial charge < -0.3 is 15.8 Å². The number of aliphatic imine (C=N–C) groups is 1. The first-order valence-electron chi connectivity index (χ1n) is 7.70. The third-order valence-electron chi connectivity index (χ3n) is 3.35. The summed E-state index contributed by atoms with van der Waals surface area (Å²) in [6.07, 6.45) is 0. The van der Waals surface area contributed by atoms with Crippen LogP contribution in [-0.4, -0.2) is 19.1 Å². The van der Waals surface area contributed by atoms with Gasteiger partial charge in [0.05, 0.1) is 6.54 Å². The molecule has 0 fully saturated rings. The van der Waals surface area contributed by atoms with Crippen molar-refractivity contribution in [2.45, 2.75) is 19.8 Å². The predicted molar refractivity (Wildman–Crippen MR) is 108 cm³/mol. The van der Waals surface area contributed by atoms with Gasteiger partial charge in [0.25, 0.3) is 0 Å². The Labute approximate surface area is 163 Å². The van der Waals surface area contributed by atoms with E-state index in [9.17, 15) is 8.78 Å². The van der Waals surface area contributed by atoms with Gasteiger partial charge in [-0.2, -0.15) is 0 Å². The topological polar surface area (TPSA) is 59.6 Å². The molecule has 136 valence electrons. The molecule has 0 radical (unpaired) electrons. The van der Waals surface area contributed by atoms with E-state index < -0.39 is 11.6 Å². The molecule has 0 aliphatic heterocycles. The maximum absolute atomic E-state index is 13.4. The van der Waals surface area contributed by atoms with Crippen molar-refractivity contribution in [1.29, 1.82) is 0 Å². The summed E-state index contributed by atoms with van der Waals surface area (Å²) in [5, 5.41) is 3.00. The monoisotopic (exact) mass is 461 g/mol. The summed E-state index contributed by atoms with van der Waals surface area (Å²) in [4.78, 5) is 4.12. The molecule has 0 saturated carbocycles. The molecule has 0 unspecified atom stereocenters. The van der Waals surface area contributed by atoms with Crippen LogP contribution < -0.4 is 15.8 Å².